The molecule has 0 fully saturated rings. The number of aromatic nitrogens is 1. The number of rotatable bonds is 7. The topological polar surface area (TPSA) is 100 Å². The number of ketones is 1. The minimum atomic E-state index is -0.890. The Labute approximate surface area is 192 Å². The minimum Gasteiger partial charge on any atom is -0.398 e. The number of alkyl halides is 1. The Morgan fingerprint density at radius 3 is 2.75 bits per heavy atom. The van der Waals surface area contributed by atoms with E-state index in [1.807, 2.05) is 44.2 Å². The SMILES string of the molecule is CCCC(=O)Nc1c[nH]c(C=CC(=O)C2(CCl)CNc3cc(N)c4ccccc4c32)c1C. The molecule has 0 aliphatic carbocycles. The largest absolute Gasteiger partial charge is 0.398 e. The predicted molar refractivity (Wildman–Crippen MR) is 132 cm³/mol. The molecule has 1 amide bonds. The molecule has 166 valence electrons. The van der Waals surface area contributed by atoms with Crippen molar-refractivity contribution in [3.05, 3.63) is 59.4 Å². The Balaban J connectivity index is 1.67. The Kier molecular flexibility index (Phi) is 5.98. The molecule has 0 saturated carbocycles. The number of hydrogen-bond donors (Lipinski definition) is 4. The zero-order valence-corrected chi connectivity index (χ0v) is 19.0. The van der Waals surface area contributed by atoms with E-state index >= 15 is 0 Å². The number of allylic oxidation sites excluding steroid dienone is 1. The molecule has 1 aromatic heterocycles. The van der Waals surface area contributed by atoms with Crippen molar-refractivity contribution >= 4 is 57.2 Å². The number of H-pyrrole nitrogens is 1. The van der Waals surface area contributed by atoms with E-state index in [1.165, 1.54) is 0 Å². The van der Waals surface area contributed by atoms with Crippen molar-refractivity contribution in [1.29, 1.82) is 0 Å². The molecule has 1 aliphatic rings. The number of anilines is 3. The van der Waals surface area contributed by atoms with E-state index in [0.29, 0.717) is 18.7 Å². The van der Waals surface area contributed by atoms with Crippen LogP contribution in [0.15, 0.2) is 42.6 Å². The summed E-state index contributed by atoms with van der Waals surface area (Å²) in [6, 6.07) is 9.69. The molecule has 1 aliphatic heterocycles. The van der Waals surface area contributed by atoms with Crippen LogP contribution in [0.25, 0.3) is 16.8 Å². The quantitative estimate of drug-likeness (QED) is 0.231. The van der Waals surface area contributed by atoms with E-state index in [-0.39, 0.29) is 17.6 Å². The summed E-state index contributed by atoms with van der Waals surface area (Å²) >= 11 is 6.45. The molecular weight excluding hydrogens is 424 g/mol. The van der Waals surface area contributed by atoms with Crippen LogP contribution >= 0.6 is 11.6 Å². The average molecular weight is 451 g/mol. The van der Waals surface area contributed by atoms with Crippen molar-refractivity contribution in [2.45, 2.75) is 32.1 Å². The molecule has 2 aromatic carbocycles. The van der Waals surface area contributed by atoms with Crippen LogP contribution in [0.4, 0.5) is 17.1 Å². The fraction of sp³-hybridized carbons (Fsp3) is 0.280. The third-order valence-electron chi connectivity index (χ3n) is 6.17. The normalized spacial score (nSPS) is 17.5. The Bertz CT molecular complexity index is 1230. The first-order valence-corrected chi connectivity index (χ1v) is 11.3. The fourth-order valence-corrected chi connectivity index (χ4v) is 4.72. The van der Waals surface area contributed by atoms with Gasteiger partial charge in [-0.25, -0.2) is 0 Å². The summed E-state index contributed by atoms with van der Waals surface area (Å²) in [6.45, 7) is 4.27. The Morgan fingerprint density at radius 2 is 2.03 bits per heavy atom. The lowest BCUT2D eigenvalue weighted by molar-refractivity contribution is -0.118. The maximum absolute atomic E-state index is 13.5. The van der Waals surface area contributed by atoms with Crippen LogP contribution in [0.3, 0.4) is 0 Å². The summed E-state index contributed by atoms with van der Waals surface area (Å²) < 4.78 is 0. The summed E-state index contributed by atoms with van der Waals surface area (Å²) in [5.41, 5.74) is 10.1. The maximum atomic E-state index is 13.5. The molecule has 6 nitrogen and oxygen atoms in total. The molecule has 1 unspecified atom stereocenters. The van der Waals surface area contributed by atoms with Crippen molar-refractivity contribution < 1.29 is 9.59 Å². The molecule has 3 aromatic rings. The Hall–Kier alpha value is -3.25. The zero-order valence-electron chi connectivity index (χ0n) is 18.2. The lowest BCUT2D eigenvalue weighted by atomic mass is 9.77. The van der Waals surface area contributed by atoms with Crippen LogP contribution in [-0.4, -0.2) is 29.1 Å². The van der Waals surface area contributed by atoms with Gasteiger partial charge in [0.2, 0.25) is 5.91 Å². The second-order valence-electron chi connectivity index (χ2n) is 8.24. The number of nitrogens with one attached hydrogen (secondary N) is 3. The van der Waals surface area contributed by atoms with Crippen molar-refractivity contribution in [3.63, 3.8) is 0 Å². The lowest BCUT2D eigenvalue weighted by Gasteiger charge is -2.25. The zero-order chi connectivity index (χ0) is 22.9. The van der Waals surface area contributed by atoms with Crippen molar-refractivity contribution in [1.82, 2.24) is 4.98 Å². The Morgan fingerprint density at radius 1 is 1.28 bits per heavy atom. The second kappa shape index (κ2) is 8.71. The monoisotopic (exact) mass is 450 g/mol. The molecule has 0 bridgehead atoms. The van der Waals surface area contributed by atoms with Gasteiger partial charge in [0.15, 0.2) is 5.78 Å². The van der Waals surface area contributed by atoms with Gasteiger partial charge in [-0.15, -0.1) is 11.6 Å². The van der Waals surface area contributed by atoms with Gasteiger partial charge in [-0.05, 0) is 42.5 Å². The van der Waals surface area contributed by atoms with Gasteiger partial charge in [0.25, 0.3) is 0 Å². The minimum absolute atomic E-state index is 0.0258. The number of aromatic amines is 1. The van der Waals surface area contributed by atoms with Crippen LogP contribution in [0, 0.1) is 6.92 Å². The third-order valence-corrected chi connectivity index (χ3v) is 6.62. The number of amides is 1. The number of benzene rings is 2. The molecule has 4 rings (SSSR count). The fourth-order valence-electron chi connectivity index (χ4n) is 4.36. The molecule has 0 saturated heterocycles. The second-order valence-corrected chi connectivity index (χ2v) is 8.51. The van der Waals surface area contributed by atoms with E-state index in [0.717, 1.165) is 45.4 Å². The van der Waals surface area contributed by atoms with E-state index < -0.39 is 5.41 Å². The number of hydrogen-bond acceptors (Lipinski definition) is 4. The first-order valence-electron chi connectivity index (χ1n) is 10.7. The number of carbonyl (C=O) groups is 2. The highest BCUT2D eigenvalue weighted by molar-refractivity contribution is 6.23. The molecule has 0 spiro atoms. The van der Waals surface area contributed by atoms with E-state index in [1.54, 1.807) is 18.3 Å². The van der Waals surface area contributed by atoms with Gasteiger partial charge in [-0.3, -0.25) is 9.59 Å². The van der Waals surface area contributed by atoms with Gasteiger partial charge < -0.3 is 21.4 Å². The first kappa shape index (κ1) is 22.0. The molecule has 2 heterocycles. The van der Waals surface area contributed by atoms with Gasteiger partial charge in [0.05, 0.1) is 11.1 Å². The molecule has 5 N–H and O–H groups in total. The van der Waals surface area contributed by atoms with E-state index in [4.69, 9.17) is 17.3 Å². The molecular formula is C25H27ClN4O2. The summed E-state index contributed by atoms with van der Waals surface area (Å²) in [7, 11) is 0. The molecule has 7 heteroatoms. The number of carbonyl (C=O) groups excluding carboxylic acids is 2. The number of fused-ring (bicyclic) bond motifs is 3. The average Bonchev–Trinajstić information content (AvgIpc) is 3.33. The highest BCUT2D eigenvalue weighted by atomic mass is 35.5. The van der Waals surface area contributed by atoms with Crippen LogP contribution in [0.5, 0.6) is 0 Å². The lowest BCUT2D eigenvalue weighted by Crippen LogP contribution is -2.39. The van der Waals surface area contributed by atoms with Gasteiger partial charge in [-0.1, -0.05) is 31.2 Å². The number of nitrogens with two attached hydrogens (primary N) is 1. The molecule has 1 atom stereocenters. The van der Waals surface area contributed by atoms with E-state index in [9.17, 15) is 9.59 Å². The maximum Gasteiger partial charge on any atom is 0.224 e. The van der Waals surface area contributed by atoms with Gasteiger partial charge in [0.1, 0.15) is 0 Å². The smallest absolute Gasteiger partial charge is 0.224 e. The van der Waals surface area contributed by atoms with Crippen LogP contribution < -0.4 is 16.4 Å². The van der Waals surface area contributed by atoms with Crippen LogP contribution in [0.2, 0.25) is 0 Å². The number of nitrogen functional groups attached to an aromatic ring is 1. The summed E-state index contributed by atoms with van der Waals surface area (Å²) in [5.74, 6) is 0.0351. The third kappa shape index (κ3) is 3.65. The van der Waals surface area contributed by atoms with Crippen molar-refractivity contribution in [3.8, 4) is 0 Å². The van der Waals surface area contributed by atoms with Gasteiger partial charge >= 0.3 is 0 Å². The molecule has 32 heavy (non-hydrogen) atoms. The first-order chi connectivity index (χ1) is 15.4. The highest BCUT2D eigenvalue weighted by Gasteiger charge is 2.45. The predicted octanol–water partition coefficient (Wildman–Crippen LogP) is 4.98. The van der Waals surface area contributed by atoms with Gasteiger partial charge in [0, 0.05) is 53.1 Å². The number of halogens is 1. The van der Waals surface area contributed by atoms with Crippen molar-refractivity contribution in [2.75, 3.05) is 28.8 Å². The highest BCUT2D eigenvalue weighted by Crippen LogP contribution is 2.45. The van der Waals surface area contributed by atoms with Gasteiger partial charge in [-0.2, -0.15) is 0 Å². The molecule has 0 radical (unpaired) electrons. The van der Waals surface area contributed by atoms with Crippen LogP contribution in [0.1, 0.15) is 36.6 Å². The summed E-state index contributed by atoms with van der Waals surface area (Å²) in [4.78, 5) is 28.6. The standard InChI is InChI=1S/C25H27ClN4O2/c1-3-6-23(32)30-21-12-28-19(15(21)2)9-10-22(31)25(13-26)14-29-20-11-18(27)16-7-4-5-8-17(16)24(20)25/h4-5,7-12,28-29H,3,6,13-14,27H2,1-2H3,(H,30,32). The van der Waals surface area contributed by atoms with E-state index in [2.05, 4.69) is 15.6 Å². The summed E-state index contributed by atoms with van der Waals surface area (Å²) in [6.07, 6.45) is 6.32. The van der Waals surface area contributed by atoms with Crippen LogP contribution in [-0.2, 0) is 15.0 Å². The van der Waals surface area contributed by atoms with Crippen molar-refractivity contribution in [2.24, 2.45) is 0 Å². The summed E-state index contributed by atoms with van der Waals surface area (Å²) in [5, 5.41) is 8.08.